The minimum Gasteiger partial charge on any atom is -0.0776 e. The largest absolute Gasteiger partial charge is 0.0776 e. The second-order valence-electron chi connectivity index (χ2n) is 7.32. The summed E-state index contributed by atoms with van der Waals surface area (Å²) in [6.07, 6.45) is 12.8. The molecule has 0 aliphatic rings. The first kappa shape index (κ1) is 96.5. The summed E-state index contributed by atoms with van der Waals surface area (Å²) in [5.41, 5.74) is 0. The van der Waals surface area contributed by atoms with Crippen molar-refractivity contribution in [1.82, 2.24) is 0 Å². The Kier molecular flexibility index (Phi) is 243. The Balaban J connectivity index is -0.0000000117. The van der Waals surface area contributed by atoms with Crippen LogP contribution in [0.2, 0.25) is 0 Å². The van der Waals surface area contributed by atoms with Gasteiger partial charge in [-0.25, -0.2) is 0 Å². The van der Waals surface area contributed by atoms with Gasteiger partial charge in [0.05, 0.1) is 0 Å². The van der Waals surface area contributed by atoms with Crippen molar-refractivity contribution in [2.75, 3.05) is 0 Å². The van der Waals surface area contributed by atoms with E-state index in [-0.39, 0.29) is 89.1 Å². The molecule has 0 saturated carbocycles. The van der Waals surface area contributed by atoms with E-state index in [9.17, 15) is 0 Å². The van der Waals surface area contributed by atoms with Gasteiger partial charge >= 0.3 is 0 Å². The third kappa shape index (κ3) is 139. The summed E-state index contributed by atoms with van der Waals surface area (Å²) in [6.45, 7) is 16.0. The van der Waals surface area contributed by atoms with E-state index < -0.39 is 0 Å². The number of hydrogen-bond acceptors (Lipinski definition) is 0. The summed E-state index contributed by atoms with van der Waals surface area (Å²) in [5, 5.41) is 0. The normalized spacial score (nSPS) is 6.77. The first-order valence-electron chi connectivity index (χ1n) is 8.90. The molecule has 0 aliphatic heterocycles. The van der Waals surface area contributed by atoms with E-state index in [1.54, 1.807) is 0 Å². The molecular formula is C31H90. The van der Waals surface area contributed by atoms with Crippen LogP contribution in [-0.2, 0) is 0 Å². The quantitative estimate of drug-likeness (QED) is 0.283. The van der Waals surface area contributed by atoms with E-state index in [0.29, 0.717) is 0 Å². The van der Waals surface area contributed by atoms with Crippen LogP contribution < -0.4 is 0 Å². The minimum absolute atomic E-state index is 0. The first-order valence-corrected chi connectivity index (χ1v) is 8.90. The Bertz CT molecular complexity index is 132. The summed E-state index contributed by atoms with van der Waals surface area (Å²) in [5.74, 6) is 2.70. The van der Waals surface area contributed by atoms with Crippen molar-refractivity contribution in [2.24, 2.45) is 17.8 Å². The summed E-state index contributed by atoms with van der Waals surface area (Å²) >= 11 is 0. The fraction of sp³-hybridized carbons (Fsp3) is 1.00. The van der Waals surface area contributed by atoms with Crippen LogP contribution in [0.15, 0.2) is 0 Å². The highest BCUT2D eigenvalue weighted by Crippen LogP contribution is 2.12. The van der Waals surface area contributed by atoms with Crippen LogP contribution in [0.4, 0.5) is 0 Å². The highest BCUT2D eigenvalue weighted by Gasteiger charge is 1.96. The average molecular weight is 463 g/mol. The van der Waals surface area contributed by atoms with E-state index in [1.807, 2.05) is 0 Å². The molecule has 0 nitrogen and oxygen atoms in total. The van der Waals surface area contributed by atoms with Crippen molar-refractivity contribution in [2.45, 2.75) is 195 Å². The Morgan fingerprint density at radius 3 is 0.645 bits per heavy atom. The predicted molar refractivity (Wildman–Crippen MR) is 173 cm³/mol. The second kappa shape index (κ2) is 77.9. The van der Waals surface area contributed by atoms with Crippen LogP contribution in [-0.4, -0.2) is 0 Å². The van der Waals surface area contributed by atoms with Crippen molar-refractivity contribution < 1.29 is 0 Å². The van der Waals surface area contributed by atoms with Gasteiger partial charge in [0.15, 0.2) is 0 Å². The molecule has 214 valence electrons. The zero-order valence-corrected chi connectivity index (χ0v) is 15.1. The monoisotopic (exact) mass is 463 g/mol. The topological polar surface area (TPSA) is 0 Å². The van der Waals surface area contributed by atoms with Crippen molar-refractivity contribution >= 4 is 0 Å². The Labute approximate surface area is 213 Å². The van der Waals surface area contributed by atoms with E-state index in [1.165, 1.54) is 57.8 Å². The maximum Gasteiger partial charge on any atom is -0.0471 e. The second-order valence-corrected chi connectivity index (χ2v) is 7.32. The summed E-state index contributed by atoms with van der Waals surface area (Å²) < 4.78 is 0. The van der Waals surface area contributed by atoms with Gasteiger partial charge < -0.3 is 0 Å². The van der Waals surface area contributed by atoms with Gasteiger partial charge in [0.2, 0.25) is 0 Å². The SMILES string of the molecule is C.C.C.C.C.C.C.C.C.C.C.C.CC(C)CCCCCCC(C)C.CCCCC(C)C. The number of unbranched alkanes of at least 4 members (excludes halogenated alkanes) is 4. The molecule has 31 heavy (non-hydrogen) atoms. The summed E-state index contributed by atoms with van der Waals surface area (Å²) in [7, 11) is 0. The van der Waals surface area contributed by atoms with Crippen LogP contribution in [0.25, 0.3) is 0 Å². The Morgan fingerprint density at radius 2 is 0.516 bits per heavy atom. The first-order chi connectivity index (χ1) is 8.90. The molecule has 0 aromatic rings. The molecule has 0 amide bonds. The maximum absolute atomic E-state index is 2.31. The Morgan fingerprint density at radius 1 is 0.323 bits per heavy atom. The lowest BCUT2D eigenvalue weighted by molar-refractivity contribution is 0.488. The molecule has 0 heteroatoms. The molecule has 0 rings (SSSR count). The highest BCUT2D eigenvalue weighted by atomic mass is 14.0. The number of hydrogen-bond donors (Lipinski definition) is 0. The van der Waals surface area contributed by atoms with Crippen molar-refractivity contribution in [3.05, 3.63) is 0 Å². The van der Waals surface area contributed by atoms with Crippen molar-refractivity contribution in [3.63, 3.8) is 0 Å². The van der Waals surface area contributed by atoms with E-state index >= 15 is 0 Å². The molecule has 0 bridgehead atoms. The van der Waals surface area contributed by atoms with Crippen LogP contribution in [0.5, 0.6) is 0 Å². The zero-order valence-electron chi connectivity index (χ0n) is 15.1. The molecule has 0 saturated heterocycles. The lowest BCUT2D eigenvalue weighted by atomic mass is 10.0. The molecule has 0 aromatic heterocycles. The van der Waals surface area contributed by atoms with Gasteiger partial charge in [-0.15, -0.1) is 0 Å². The summed E-state index contributed by atoms with van der Waals surface area (Å²) in [4.78, 5) is 0. The third-order valence-corrected chi connectivity index (χ3v) is 3.45. The Hall–Kier alpha value is 0. The lowest BCUT2D eigenvalue weighted by Crippen LogP contribution is -1.89. The molecule has 0 aliphatic carbocycles. The van der Waals surface area contributed by atoms with E-state index in [2.05, 4.69) is 48.5 Å². The molecular weight excluding hydrogens is 372 g/mol. The van der Waals surface area contributed by atoms with Crippen molar-refractivity contribution in [1.29, 1.82) is 0 Å². The summed E-state index contributed by atoms with van der Waals surface area (Å²) in [6, 6.07) is 0. The fourth-order valence-corrected chi connectivity index (χ4v) is 2.07. The standard InChI is InChI=1S/C12H26.C7H16.12CH4/c1-11(2)9-7-5-6-8-10-12(3)4;1-4-5-6-7(2)3;;;;;;;;;;;;/h11-12H,5-10H2,1-4H3;7H,4-6H2,1-3H3;12*1H4. The molecule has 0 heterocycles. The van der Waals surface area contributed by atoms with Crippen LogP contribution in [0.3, 0.4) is 0 Å². The fourth-order valence-electron chi connectivity index (χ4n) is 2.07. The third-order valence-electron chi connectivity index (χ3n) is 3.45. The molecule has 0 atom stereocenters. The molecule has 0 N–H and O–H groups in total. The van der Waals surface area contributed by atoms with Gasteiger partial charge in [-0.3, -0.25) is 0 Å². The van der Waals surface area contributed by atoms with Gasteiger partial charge in [-0.05, 0) is 17.8 Å². The highest BCUT2D eigenvalue weighted by molar-refractivity contribution is 4.50. The molecule has 0 spiro atoms. The molecule has 0 unspecified atom stereocenters. The number of rotatable bonds is 10. The van der Waals surface area contributed by atoms with Crippen LogP contribution >= 0.6 is 0 Å². The van der Waals surface area contributed by atoms with Crippen LogP contribution in [0.1, 0.15) is 195 Å². The van der Waals surface area contributed by atoms with Gasteiger partial charge in [0.1, 0.15) is 0 Å². The van der Waals surface area contributed by atoms with Gasteiger partial charge in [-0.2, -0.15) is 0 Å². The van der Waals surface area contributed by atoms with Gasteiger partial charge in [-0.1, -0.05) is 195 Å². The van der Waals surface area contributed by atoms with E-state index in [4.69, 9.17) is 0 Å². The molecule has 0 aromatic carbocycles. The smallest absolute Gasteiger partial charge is 0.0471 e. The average Bonchev–Trinajstić information content (AvgIpc) is 2.31. The van der Waals surface area contributed by atoms with E-state index in [0.717, 1.165) is 17.8 Å². The predicted octanol–water partition coefficient (Wildman–Crippen LogP) is 15.1. The maximum atomic E-state index is 2.31. The molecule has 0 radical (unpaired) electrons. The molecule has 0 fully saturated rings. The van der Waals surface area contributed by atoms with Gasteiger partial charge in [0, 0.05) is 0 Å². The van der Waals surface area contributed by atoms with Crippen molar-refractivity contribution in [3.8, 4) is 0 Å². The lowest BCUT2D eigenvalue weighted by Gasteiger charge is -2.05. The van der Waals surface area contributed by atoms with Crippen LogP contribution in [0, 0.1) is 17.8 Å². The van der Waals surface area contributed by atoms with Gasteiger partial charge in [0.25, 0.3) is 0 Å². The zero-order chi connectivity index (χ0) is 15.1. The minimum atomic E-state index is 0.